The molecule has 1 fully saturated rings. The molecule has 0 bridgehead atoms. The Hall–Kier alpha value is -1.71. The van der Waals surface area contributed by atoms with E-state index in [1.165, 1.54) is 25.7 Å². The molecular formula is C16H24N2O2. The molecule has 0 heterocycles. The van der Waals surface area contributed by atoms with E-state index in [9.17, 15) is 4.79 Å². The maximum Gasteiger partial charge on any atom is 0.257 e. The van der Waals surface area contributed by atoms with Gasteiger partial charge in [0.25, 0.3) is 5.91 Å². The third-order valence-corrected chi connectivity index (χ3v) is 4.30. The van der Waals surface area contributed by atoms with Gasteiger partial charge >= 0.3 is 0 Å². The van der Waals surface area contributed by atoms with Crippen LogP contribution in [0.5, 0.6) is 5.75 Å². The van der Waals surface area contributed by atoms with Gasteiger partial charge in [0.2, 0.25) is 0 Å². The first-order valence-electron chi connectivity index (χ1n) is 7.39. The lowest BCUT2D eigenvalue weighted by atomic mass is 9.83. The maximum atomic E-state index is 11.8. The number of hydrogen-bond donors (Lipinski definition) is 2. The van der Waals surface area contributed by atoms with Gasteiger partial charge < -0.3 is 15.8 Å². The highest BCUT2D eigenvalue weighted by Gasteiger charge is 2.32. The standard InChI is InChI=1S/C16H24N2O2/c1-2-16(8-3-4-9-16)12-18-15(19)11-20-14-7-5-6-13(17)10-14/h5-7,10H,2-4,8-9,11-12,17H2,1H3,(H,18,19). The Morgan fingerprint density at radius 1 is 1.40 bits per heavy atom. The monoisotopic (exact) mass is 276 g/mol. The van der Waals surface area contributed by atoms with Crippen molar-refractivity contribution in [1.82, 2.24) is 5.32 Å². The van der Waals surface area contributed by atoms with Crippen molar-refractivity contribution >= 4 is 11.6 Å². The Morgan fingerprint density at radius 2 is 2.15 bits per heavy atom. The van der Waals surface area contributed by atoms with Crippen molar-refractivity contribution in [2.75, 3.05) is 18.9 Å². The molecule has 4 heteroatoms. The second-order valence-electron chi connectivity index (χ2n) is 5.70. The summed E-state index contributed by atoms with van der Waals surface area (Å²) in [5.41, 5.74) is 6.61. The molecule has 0 aromatic heterocycles. The van der Waals surface area contributed by atoms with Crippen LogP contribution in [-0.2, 0) is 4.79 Å². The molecular weight excluding hydrogens is 252 g/mol. The lowest BCUT2D eigenvalue weighted by molar-refractivity contribution is -0.123. The second kappa shape index (κ2) is 6.64. The van der Waals surface area contributed by atoms with Crippen molar-refractivity contribution in [3.05, 3.63) is 24.3 Å². The number of rotatable bonds is 6. The van der Waals surface area contributed by atoms with Gasteiger partial charge in [-0.05, 0) is 36.8 Å². The molecule has 1 amide bonds. The van der Waals surface area contributed by atoms with E-state index in [-0.39, 0.29) is 12.5 Å². The lowest BCUT2D eigenvalue weighted by Gasteiger charge is -2.27. The van der Waals surface area contributed by atoms with Gasteiger partial charge in [0, 0.05) is 18.3 Å². The fourth-order valence-corrected chi connectivity index (χ4v) is 2.87. The van der Waals surface area contributed by atoms with E-state index in [0.717, 1.165) is 13.0 Å². The minimum absolute atomic E-state index is 0.0449. The molecule has 1 aromatic carbocycles. The highest BCUT2D eigenvalue weighted by molar-refractivity contribution is 5.77. The summed E-state index contributed by atoms with van der Waals surface area (Å²) in [4.78, 5) is 11.8. The van der Waals surface area contributed by atoms with Crippen molar-refractivity contribution in [2.45, 2.75) is 39.0 Å². The molecule has 1 saturated carbocycles. The van der Waals surface area contributed by atoms with Crippen LogP contribution < -0.4 is 15.8 Å². The van der Waals surface area contributed by atoms with Crippen molar-refractivity contribution < 1.29 is 9.53 Å². The highest BCUT2D eigenvalue weighted by Crippen LogP contribution is 2.40. The number of nitrogen functional groups attached to an aromatic ring is 1. The van der Waals surface area contributed by atoms with Gasteiger partial charge in [0.05, 0.1) is 0 Å². The first kappa shape index (κ1) is 14.7. The number of benzene rings is 1. The van der Waals surface area contributed by atoms with E-state index in [1.807, 2.05) is 6.07 Å². The van der Waals surface area contributed by atoms with Crippen LogP contribution in [0.15, 0.2) is 24.3 Å². The first-order valence-corrected chi connectivity index (χ1v) is 7.39. The minimum atomic E-state index is -0.0628. The quantitative estimate of drug-likeness (QED) is 0.785. The number of nitrogens with two attached hydrogens (primary N) is 1. The number of carbonyl (C=O) groups excluding carboxylic acids is 1. The van der Waals surface area contributed by atoms with E-state index in [1.54, 1.807) is 18.2 Å². The average molecular weight is 276 g/mol. The lowest BCUT2D eigenvalue weighted by Crippen LogP contribution is -2.38. The van der Waals surface area contributed by atoms with Crippen LogP contribution in [0, 0.1) is 5.41 Å². The first-order chi connectivity index (χ1) is 9.63. The number of amides is 1. The molecule has 1 aliphatic carbocycles. The number of anilines is 1. The maximum absolute atomic E-state index is 11.8. The Bertz CT molecular complexity index is 454. The van der Waals surface area contributed by atoms with E-state index < -0.39 is 0 Å². The minimum Gasteiger partial charge on any atom is -0.484 e. The smallest absolute Gasteiger partial charge is 0.257 e. The van der Waals surface area contributed by atoms with Crippen LogP contribution in [0.3, 0.4) is 0 Å². The molecule has 0 radical (unpaired) electrons. The van der Waals surface area contributed by atoms with Gasteiger partial charge in [0.1, 0.15) is 5.75 Å². The van der Waals surface area contributed by atoms with Gasteiger partial charge in [-0.3, -0.25) is 4.79 Å². The normalized spacial score (nSPS) is 16.9. The third kappa shape index (κ3) is 3.89. The van der Waals surface area contributed by atoms with Crippen LogP contribution in [0.2, 0.25) is 0 Å². The van der Waals surface area contributed by atoms with Crippen molar-refractivity contribution in [2.24, 2.45) is 5.41 Å². The van der Waals surface area contributed by atoms with Gasteiger partial charge in [-0.25, -0.2) is 0 Å². The second-order valence-corrected chi connectivity index (χ2v) is 5.70. The summed E-state index contributed by atoms with van der Waals surface area (Å²) in [6.07, 6.45) is 6.13. The molecule has 20 heavy (non-hydrogen) atoms. The SMILES string of the molecule is CCC1(CNC(=O)COc2cccc(N)c2)CCCC1. The zero-order valence-corrected chi connectivity index (χ0v) is 12.2. The summed E-state index contributed by atoms with van der Waals surface area (Å²) in [5.74, 6) is 0.568. The molecule has 4 nitrogen and oxygen atoms in total. The van der Waals surface area contributed by atoms with Crippen LogP contribution in [0.1, 0.15) is 39.0 Å². The van der Waals surface area contributed by atoms with Gasteiger partial charge in [-0.2, -0.15) is 0 Å². The molecule has 0 unspecified atom stereocenters. The van der Waals surface area contributed by atoms with E-state index in [2.05, 4.69) is 12.2 Å². The zero-order chi connectivity index (χ0) is 14.4. The Morgan fingerprint density at radius 3 is 2.80 bits per heavy atom. The predicted molar refractivity (Wildman–Crippen MR) is 80.6 cm³/mol. The number of carbonyl (C=O) groups is 1. The Balaban J connectivity index is 1.75. The molecule has 1 aliphatic rings. The van der Waals surface area contributed by atoms with E-state index in [4.69, 9.17) is 10.5 Å². The van der Waals surface area contributed by atoms with Crippen LogP contribution in [0.25, 0.3) is 0 Å². The molecule has 0 saturated heterocycles. The number of hydrogen-bond acceptors (Lipinski definition) is 3. The van der Waals surface area contributed by atoms with Crippen molar-refractivity contribution in [3.8, 4) is 5.75 Å². The topological polar surface area (TPSA) is 64.3 Å². The fourth-order valence-electron chi connectivity index (χ4n) is 2.87. The summed E-state index contributed by atoms with van der Waals surface area (Å²) >= 11 is 0. The highest BCUT2D eigenvalue weighted by atomic mass is 16.5. The van der Waals surface area contributed by atoms with Gasteiger partial charge in [-0.1, -0.05) is 25.8 Å². The summed E-state index contributed by atoms with van der Waals surface area (Å²) < 4.78 is 5.44. The molecule has 2 rings (SSSR count). The van der Waals surface area contributed by atoms with E-state index >= 15 is 0 Å². The van der Waals surface area contributed by atoms with Crippen molar-refractivity contribution in [1.29, 1.82) is 0 Å². The predicted octanol–water partition coefficient (Wildman–Crippen LogP) is 2.73. The molecule has 0 aliphatic heterocycles. The number of nitrogens with one attached hydrogen (secondary N) is 1. The largest absolute Gasteiger partial charge is 0.484 e. The van der Waals surface area contributed by atoms with Gasteiger partial charge in [-0.15, -0.1) is 0 Å². The summed E-state index contributed by atoms with van der Waals surface area (Å²) in [6, 6.07) is 7.12. The van der Waals surface area contributed by atoms with Crippen LogP contribution in [-0.4, -0.2) is 19.1 Å². The van der Waals surface area contributed by atoms with E-state index in [0.29, 0.717) is 16.9 Å². The van der Waals surface area contributed by atoms with Gasteiger partial charge in [0.15, 0.2) is 6.61 Å². The summed E-state index contributed by atoms with van der Waals surface area (Å²) in [6.45, 7) is 3.02. The third-order valence-electron chi connectivity index (χ3n) is 4.30. The Labute approximate surface area is 120 Å². The van der Waals surface area contributed by atoms with Crippen LogP contribution in [0.4, 0.5) is 5.69 Å². The number of ether oxygens (including phenoxy) is 1. The Kier molecular flexibility index (Phi) is 4.88. The summed E-state index contributed by atoms with van der Waals surface area (Å²) in [7, 11) is 0. The molecule has 0 atom stereocenters. The fraction of sp³-hybridized carbons (Fsp3) is 0.562. The molecule has 110 valence electrons. The molecule has 3 N–H and O–H groups in total. The summed E-state index contributed by atoms with van der Waals surface area (Å²) in [5, 5.41) is 3.01. The zero-order valence-electron chi connectivity index (χ0n) is 12.2. The average Bonchev–Trinajstić information content (AvgIpc) is 2.92. The molecule has 0 spiro atoms. The molecule has 1 aromatic rings. The van der Waals surface area contributed by atoms with Crippen molar-refractivity contribution in [3.63, 3.8) is 0 Å². The van der Waals surface area contributed by atoms with Crippen LogP contribution >= 0.6 is 0 Å².